The van der Waals surface area contributed by atoms with E-state index in [1.54, 1.807) is 23.1 Å². The van der Waals surface area contributed by atoms with Gasteiger partial charge in [-0.05, 0) is 31.0 Å². The molecule has 8 nitrogen and oxygen atoms in total. The molecule has 1 amide bonds. The van der Waals surface area contributed by atoms with Crippen molar-refractivity contribution in [3.8, 4) is 0 Å². The van der Waals surface area contributed by atoms with E-state index in [0.29, 0.717) is 29.6 Å². The van der Waals surface area contributed by atoms with Gasteiger partial charge in [-0.3, -0.25) is 9.89 Å². The highest BCUT2D eigenvalue weighted by Gasteiger charge is 2.25. The molecule has 1 saturated heterocycles. The van der Waals surface area contributed by atoms with Crippen molar-refractivity contribution in [3.05, 3.63) is 29.5 Å². The fourth-order valence-electron chi connectivity index (χ4n) is 2.97. The number of carboxylic acid groups (broad SMARTS) is 1. The first-order valence-corrected chi connectivity index (χ1v) is 7.83. The lowest BCUT2D eigenvalue weighted by molar-refractivity contribution is -0.0110. The highest BCUT2D eigenvalue weighted by molar-refractivity contribution is 6.04. The number of aromatic carboxylic acids is 1. The molecule has 1 aliphatic heterocycles. The Morgan fingerprint density at radius 2 is 2.25 bits per heavy atom. The van der Waals surface area contributed by atoms with Crippen LogP contribution in [0.4, 0.5) is 0 Å². The molecule has 0 bridgehead atoms. The second-order valence-corrected chi connectivity index (χ2v) is 5.75. The summed E-state index contributed by atoms with van der Waals surface area (Å²) in [7, 11) is 0. The monoisotopic (exact) mass is 333 g/mol. The van der Waals surface area contributed by atoms with Gasteiger partial charge in [0.25, 0.3) is 5.91 Å². The van der Waals surface area contributed by atoms with Crippen LogP contribution in [0.15, 0.2) is 18.2 Å². The van der Waals surface area contributed by atoms with Crippen LogP contribution >= 0.6 is 0 Å². The van der Waals surface area contributed by atoms with Crippen LogP contribution in [-0.2, 0) is 4.74 Å². The van der Waals surface area contributed by atoms with E-state index in [1.807, 2.05) is 0 Å². The number of benzene rings is 1. The third kappa shape index (κ3) is 3.24. The second-order valence-electron chi connectivity index (χ2n) is 5.75. The Morgan fingerprint density at radius 3 is 3.00 bits per heavy atom. The van der Waals surface area contributed by atoms with E-state index in [4.69, 9.17) is 14.9 Å². The summed E-state index contributed by atoms with van der Waals surface area (Å²) < 4.78 is 5.52. The molecule has 2 aromatic rings. The summed E-state index contributed by atoms with van der Waals surface area (Å²) >= 11 is 0. The van der Waals surface area contributed by atoms with Crippen LogP contribution in [-0.4, -0.2) is 69.6 Å². The molecule has 3 rings (SSSR count). The number of aromatic amines is 1. The number of hydrogen-bond acceptors (Lipinski definition) is 5. The number of H-pyrrole nitrogens is 1. The smallest absolute Gasteiger partial charge is 0.357 e. The first kappa shape index (κ1) is 16.4. The third-order valence-corrected chi connectivity index (χ3v) is 4.12. The van der Waals surface area contributed by atoms with Crippen LogP contribution in [0.5, 0.6) is 0 Å². The molecular formula is C16H19N3O5. The molecule has 8 heteroatoms. The summed E-state index contributed by atoms with van der Waals surface area (Å²) in [5, 5.41) is 24.8. The van der Waals surface area contributed by atoms with Crippen molar-refractivity contribution >= 4 is 22.8 Å². The Hall–Kier alpha value is -2.45. The van der Waals surface area contributed by atoms with Crippen LogP contribution in [0.1, 0.15) is 33.7 Å². The molecule has 0 spiro atoms. The Morgan fingerprint density at radius 1 is 1.42 bits per heavy atom. The maximum atomic E-state index is 12.7. The number of ether oxygens (including phenoxy) is 1. The van der Waals surface area contributed by atoms with Gasteiger partial charge in [0.1, 0.15) is 0 Å². The molecule has 1 aromatic carbocycles. The lowest BCUT2D eigenvalue weighted by Gasteiger charge is -2.32. The number of rotatable bonds is 5. The number of carbonyl (C=O) groups is 2. The number of aliphatic hydroxyl groups excluding tert-OH is 1. The number of amides is 1. The molecule has 0 saturated carbocycles. The van der Waals surface area contributed by atoms with Crippen LogP contribution in [0.3, 0.4) is 0 Å². The van der Waals surface area contributed by atoms with E-state index in [9.17, 15) is 9.59 Å². The van der Waals surface area contributed by atoms with Gasteiger partial charge >= 0.3 is 5.97 Å². The predicted molar refractivity (Wildman–Crippen MR) is 85.0 cm³/mol. The fraction of sp³-hybridized carbons (Fsp3) is 0.438. The number of likely N-dealkylation sites (tertiary alicyclic amines) is 1. The summed E-state index contributed by atoms with van der Waals surface area (Å²) in [5.41, 5.74) is 0.906. The van der Waals surface area contributed by atoms with Gasteiger partial charge < -0.3 is 19.8 Å². The molecule has 0 radical (unpaired) electrons. The SMILES string of the molecule is O=C(O)c1n[nH]c2ccc(C(=O)N3CCCC(OCCO)C3)cc12. The number of hydrogen-bond donors (Lipinski definition) is 3. The van der Waals surface area contributed by atoms with Gasteiger partial charge in [0, 0.05) is 24.0 Å². The first-order valence-electron chi connectivity index (χ1n) is 7.83. The maximum Gasteiger partial charge on any atom is 0.357 e. The number of aromatic nitrogens is 2. The minimum absolute atomic E-state index is 0.0421. The zero-order valence-electron chi connectivity index (χ0n) is 13.1. The summed E-state index contributed by atoms with van der Waals surface area (Å²) in [6.07, 6.45) is 1.60. The predicted octanol–water partition coefficient (Wildman–Crippen LogP) is 0.875. The highest BCUT2D eigenvalue weighted by Crippen LogP contribution is 2.21. The zero-order chi connectivity index (χ0) is 17.1. The zero-order valence-corrected chi connectivity index (χ0v) is 13.1. The molecule has 1 aromatic heterocycles. The number of aliphatic hydroxyl groups is 1. The van der Waals surface area contributed by atoms with Crippen LogP contribution in [0.2, 0.25) is 0 Å². The topological polar surface area (TPSA) is 116 Å². The molecule has 2 heterocycles. The van der Waals surface area contributed by atoms with Gasteiger partial charge in [-0.15, -0.1) is 0 Å². The molecular weight excluding hydrogens is 314 g/mol. The van der Waals surface area contributed by atoms with Crippen LogP contribution in [0.25, 0.3) is 10.9 Å². The number of nitrogens with one attached hydrogen (secondary N) is 1. The molecule has 24 heavy (non-hydrogen) atoms. The number of piperidine rings is 1. The summed E-state index contributed by atoms with van der Waals surface area (Å²) in [6, 6.07) is 4.88. The van der Waals surface area contributed by atoms with Gasteiger partial charge in [0.15, 0.2) is 5.69 Å². The first-order chi connectivity index (χ1) is 11.6. The second kappa shape index (κ2) is 6.98. The van der Waals surface area contributed by atoms with Crippen LogP contribution < -0.4 is 0 Å². The molecule has 128 valence electrons. The fourth-order valence-corrected chi connectivity index (χ4v) is 2.97. The molecule has 1 aliphatic rings. The lowest BCUT2D eigenvalue weighted by atomic mass is 10.1. The van der Waals surface area contributed by atoms with E-state index in [2.05, 4.69) is 10.2 Å². The number of carbonyl (C=O) groups excluding carboxylic acids is 1. The normalized spacial score (nSPS) is 18.0. The molecule has 1 unspecified atom stereocenters. The average molecular weight is 333 g/mol. The minimum atomic E-state index is -1.14. The van der Waals surface area contributed by atoms with Crippen molar-refractivity contribution < 1.29 is 24.5 Å². The molecule has 3 N–H and O–H groups in total. The number of carboxylic acids is 1. The Balaban J connectivity index is 1.80. The van der Waals surface area contributed by atoms with Crippen molar-refractivity contribution in [1.82, 2.24) is 15.1 Å². The van der Waals surface area contributed by atoms with Crippen LogP contribution in [0, 0.1) is 0 Å². The summed E-state index contributed by atoms with van der Waals surface area (Å²) in [6.45, 7) is 1.32. The van der Waals surface area contributed by atoms with Gasteiger partial charge in [-0.1, -0.05) is 0 Å². The largest absolute Gasteiger partial charge is 0.476 e. The molecule has 1 fully saturated rings. The summed E-state index contributed by atoms with van der Waals surface area (Å²) in [5.74, 6) is -1.30. The van der Waals surface area contributed by atoms with Crippen molar-refractivity contribution in [2.45, 2.75) is 18.9 Å². The van der Waals surface area contributed by atoms with E-state index >= 15 is 0 Å². The van der Waals surface area contributed by atoms with Crippen molar-refractivity contribution in [2.24, 2.45) is 0 Å². The third-order valence-electron chi connectivity index (χ3n) is 4.12. The van der Waals surface area contributed by atoms with Gasteiger partial charge in [0.2, 0.25) is 0 Å². The lowest BCUT2D eigenvalue weighted by Crippen LogP contribution is -2.43. The van der Waals surface area contributed by atoms with Crippen molar-refractivity contribution in [1.29, 1.82) is 0 Å². The molecule has 0 aliphatic carbocycles. The Labute approximate surface area is 138 Å². The number of fused-ring (bicyclic) bond motifs is 1. The standard InChI is InChI=1S/C16H19N3O5/c20-6-7-24-11-2-1-5-19(9-11)15(21)10-3-4-13-12(8-10)14(16(22)23)18-17-13/h3-4,8,11,20H,1-2,5-7,9H2,(H,17,18)(H,22,23). The Kier molecular flexibility index (Phi) is 4.77. The van der Waals surface area contributed by atoms with E-state index in [0.717, 1.165) is 12.8 Å². The van der Waals surface area contributed by atoms with Gasteiger partial charge in [0.05, 0.1) is 24.8 Å². The highest BCUT2D eigenvalue weighted by atomic mass is 16.5. The average Bonchev–Trinajstić information content (AvgIpc) is 3.03. The van der Waals surface area contributed by atoms with E-state index in [1.165, 1.54) is 0 Å². The quantitative estimate of drug-likeness (QED) is 0.748. The van der Waals surface area contributed by atoms with Gasteiger partial charge in [-0.25, -0.2) is 4.79 Å². The maximum absolute atomic E-state index is 12.7. The van der Waals surface area contributed by atoms with Gasteiger partial charge in [-0.2, -0.15) is 5.10 Å². The number of nitrogens with zero attached hydrogens (tertiary/aromatic N) is 2. The van der Waals surface area contributed by atoms with E-state index < -0.39 is 5.97 Å². The minimum Gasteiger partial charge on any atom is -0.476 e. The molecule has 1 atom stereocenters. The van der Waals surface area contributed by atoms with E-state index in [-0.39, 0.29) is 30.9 Å². The van der Waals surface area contributed by atoms with Crippen molar-refractivity contribution in [3.63, 3.8) is 0 Å². The van der Waals surface area contributed by atoms with Crippen molar-refractivity contribution in [2.75, 3.05) is 26.3 Å². The Bertz CT molecular complexity index is 757. The summed E-state index contributed by atoms with van der Waals surface area (Å²) in [4.78, 5) is 25.6.